The lowest BCUT2D eigenvalue weighted by molar-refractivity contribution is 0.0697. The molecule has 4 heteroatoms. The fraction of sp³-hybridized carbons (Fsp3) is 0.222. The molecule has 0 fully saturated rings. The van der Waals surface area contributed by atoms with Crippen molar-refractivity contribution in [2.45, 2.75) is 12.6 Å². The van der Waals surface area contributed by atoms with Gasteiger partial charge in [0, 0.05) is 6.42 Å². The zero-order valence-corrected chi connectivity index (χ0v) is 7.10. The summed E-state index contributed by atoms with van der Waals surface area (Å²) in [6.07, 6.45) is 0.163. The molecule has 0 bridgehead atoms. The van der Waals surface area contributed by atoms with Crippen molar-refractivity contribution >= 4 is 5.97 Å². The summed E-state index contributed by atoms with van der Waals surface area (Å²) in [6.45, 7) is 0. The van der Waals surface area contributed by atoms with Crippen molar-refractivity contribution in [2.24, 2.45) is 11.5 Å². The van der Waals surface area contributed by atoms with Gasteiger partial charge in [-0.1, -0.05) is 12.1 Å². The molecule has 0 unspecified atom stereocenters. The van der Waals surface area contributed by atoms with Gasteiger partial charge in [0.15, 0.2) is 0 Å². The van der Waals surface area contributed by atoms with Crippen molar-refractivity contribution < 1.29 is 9.90 Å². The Balaban J connectivity index is 2.75. The van der Waals surface area contributed by atoms with Gasteiger partial charge in [-0.2, -0.15) is 0 Å². The van der Waals surface area contributed by atoms with Crippen LogP contribution in [0.5, 0.6) is 0 Å². The highest BCUT2D eigenvalue weighted by molar-refractivity contribution is 5.87. The zero-order chi connectivity index (χ0) is 9.84. The molecule has 0 saturated heterocycles. The second-order valence-electron chi connectivity index (χ2n) is 2.87. The number of carboxylic acids is 1. The van der Waals surface area contributed by atoms with E-state index in [9.17, 15) is 4.79 Å². The third-order valence-electron chi connectivity index (χ3n) is 1.67. The average Bonchev–Trinajstić information content (AvgIpc) is 2.04. The summed E-state index contributed by atoms with van der Waals surface area (Å²) in [7, 11) is 0. The minimum Gasteiger partial charge on any atom is -0.478 e. The Hall–Kier alpha value is -1.39. The summed E-state index contributed by atoms with van der Waals surface area (Å²) in [5.41, 5.74) is 12.0. The topological polar surface area (TPSA) is 89.3 Å². The molecule has 0 spiro atoms. The van der Waals surface area contributed by atoms with Crippen LogP contribution in [0.25, 0.3) is 0 Å². The maximum absolute atomic E-state index is 10.5. The Morgan fingerprint density at radius 3 is 2.23 bits per heavy atom. The lowest BCUT2D eigenvalue weighted by atomic mass is 10.1. The van der Waals surface area contributed by atoms with E-state index in [2.05, 4.69) is 0 Å². The SMILES string of the molecule is NC(N)Cc1ccc(C(=O)O)cc1. The molecule has 5 N–H and O–H groups in total. The summed E-state index contributed by atoms with van der Waals surface area (Å²) in [5.74, 6) is -0.927. The van der Waals surface area contributed by atoms with Gasteiger partial charge >= 0.3 is 5.97 Å². The van der Waals surface area contributed by atoms with Crippen LogP contribution in [0.2, 0.25) is 0 Å². The zero-order valence-electron chi connectivity index (χ0n) is 7.10. The van der Waals surface area contributed by atoms with E-state index in [0.717, 1.165) is 5.56 Å². The average molecular weight is 180 g/mol. The summed E-state index contributed by atoms with van der Waals surface area (Å²) in [4.78, 5) is 10.5. The number of benzene rings is 1. The monoisotopic (exact) mass is 180 g/mol. The predicted octanol–water partition coefficient (Wildman–Crippen LogP) is 0.171. The molecule has 0 aliphatic carbocycles. The molecule has 4 nitrogen and oxygen atoms in total. The standard InChI is InChI=1S/C9H12N2O2/c10-8(11)5-6-1-3-7(4-2-6)9(12)13/h1-4,8H,5,10-11H2,(H,12,13). The highest BCUT2D eigenvalue weighted by atomic mass is 16.4. The second kappa shape index (κ2) is 4.02. The molecule has 1 aromatic rings. The fourth-order valence-electron chi connectivity index (χ4n) is 1.06. The molecule has 0 heterocycles. The van der Waals surface area contributed by atoms with E-state index in [1.54, 1.807) is 24.3 Å². The van der Waals surface area contributed by atoms with Gasteiger partial charge in [0.05, 0.1) is 11.7 Å². The van der Waals surface area contributed by atoms with Crippen LogP contribution in [0.4, 0.5) is 0 Å². The Labute approximate surface area is 76.2 Å². The maximum Gasteiger partial charge on any atom is 0.335 e. The minimum absolute atomic E-state index is 0.273. The number of hydrogen-bond donors (Lipinski definition) is 3. The van der Waals surface area contributed by atoms with Crippen LogP contribution in [0.3, 0.4) is 0 Å². The summed E-state index contributed by atoms with van der Waals surface area (Å²) >= 11 is 0. The van der Waals surface area contributed by atoms with Crippen molar-refractivity contribution in [3.8, 4) is 0 Å². The van der Waals surface area contributed by atoms with Crippen LogP contribution in [0.15, 0.2) is 24.3 Å². The second-order valence-corrected chi connectivity index (χ2v) is 2.87. The van der Waals surface area contributed by atoms with Crippen molar-refractivity contribution in [1.29, 1.82) is 0 Å². The van der Waals surface area contributed by atoms with Gasteiger partial charge in [-0.25, -0.2) is 4.79 Å². The van der Waals surface area contributed by atoms with Crippen LogP contribution in [-0.4, -0.2) is 17.2 Å². The summed E-state index contributed by atoms with van der Waals surface area (Å²) < 4.78 is 0. The van der Waals surface area contributed by atoms with E-state index < -0.39 is 12.1 Å². The van der Waals surface area contributed by atoms with Gasteiger partial charge in [-0.3, -0.25) is 0 Å². The summed E-state index contributed by atoms with van der Waals surface area (Å²) in [5, 5.41) is 8.61. The predicted molar refractivity (Wildman–Crippen MR) is 49.3 cm³/mol. The number of aromatic carboxylic acids is 1. The molecule has 0 aromatic heterocycles. The molecule has 1 aromatic carbocycles. The van der Waals surface area contributed by atoms with Crippen molar-refractivity contribution in [3.05, 3.63) is 35.4 Å². The highest BCUT2D eigenvalue weighted by Crippen LogP contribution is 2.05. The van der Waals surface area contributed by atoms with E-state index in [-0.39, 0.29) is 5.56 Å². The van der Waals surface area contributed by atoms with E-state index in [4.69, 9.17) is 16.6 Å². The third kappa shape index (κ3) is 2.85. The Morgan fingerprint density at radius 1 is 1.31 bits per heavy atom. The fourth-order valence-corrected chi connectivity index (χ4v) is 1.06. The van der Waals surface area contributed by atoms with E-state index >= 15 is 0 Å². The number of rotatable bonds is 3. The van der Waals surface area contributed by atoms with Crippen LogP contribution in [0.1, 0.15) is 15.9 Å². The molecule has 0 saturated carbocycles. The molecule has 0 atom stereocenters. The lowest BCUT2D eigenvalue weighted by Gasteiger charge is -2.04. The van der Waals surface area contributed by atoms with Gasteiger partial charge in [0.2, 0.25) is 0 Å². The Kier molecular flexibility index (Phi) is 3.00. The lowest BCUT2D eigenvalue weighted by Crippen LogP contribution is -2.32. The van der Waals surface area contributed by atoms with E-state index in [1.807, 2.05) is 0 Å². The first kappa shape index (κ1) is 9.70. The molecule has 70 valence electrons. The number of hydrogen-bond acceptors (Lipinski definition) is 3. The largest absolute Gasteiger partial charge is 0.478 e. The first-order valence-electron chi connectivity index (χ1n) is 3.93. The highest BCUT2D eigenvalue weighted by Gasteiger charge is 2.02. The van der Waals surface area contributed by atoms with Crippen LogP contribution in [-0.2, 0) is 6.42 Å². The van der Waals surface area contributed by atoms with Crippen molar-refractivity contribution in [3.63, 3.8) is 0 Å². The Morgan fingerprint density at radius 2 is 1.85 bits per heavy atom. The maximum atomic E-state index is 10.5. The minimum atomic E-state index is -0.927. The molecule has 1 rings (SSSR count). The first-order valence-corrected chi connectivity index (χ1v) is 3.93. The van der Waals surface area contributed by atoms with E-state index in [0.29, 0.717) is 6.42 Å². The van der Waals surface area contributed by atoms with Crippen molar-refractivity contribution in [2.75, 3.05) is 0 Å². The van der Waals surface area contributed by atoms with Gasteiger partial charge in [0.25, 0.3) is 0 Å². The number of carbonyl (C=O) groups is 1. The molecule has 13 heavy (non-hydrogen) atoms. The van der Waals surface area contributed by atoms with Crippen molar-refractivity contribution in [1.82, 2.24) is 0 Å². The smallest absolute Gasteiger partial charge is 0.335 e. The van der Waals surface area contributed by atoms with Crippen LogP contribution < -0.4 is 11.5 Å². The number of carboxylic acid groups (broad SMARTS) is 1. The first-order chi connectivity index (χ1) is 6.09. The summed E-state index contributed by atoms with van der Waals surface area (Å²) in [6, 6.07) is 6.52. The molecule has 0 radical (unpaired) electrons. The number of nitrogens with two attached hydrogens (primary N) is 2. The van der Waals surface area contributed by atoms with E-state index in [1.165, 1.54) is 0 Å². The third-order valence-corrected chi connectivity index (χ3v) is 1.67. The normalized spacial score (nSPS) is 10.4. The molecular weight excluding hydrogens is 168 g/mol. The van der Waals surface area contributed by atoms with Gasteiger partial charge < -0.3 is 16.6 Å². The molecule has 0 aliphatic rings. The molecule has 0 aliphatic heterocycles. The van der Waals surface area contributed by atoms with Gasteiger partial charge in [-0.15, -0.1) is 0 Å². The molecule has 0 amide bonds. The van der Waals surface area contributed by atoms with Crippen LogP contribution in [0, 0.1) is 0 Å². The Bertz CT molecular complexity index is 293. The van der Waals surface area contributed by atoms with Gasteiger partial charge in [0.1, 0.15) is 0 Å². The van der Waals surface area contributed by atoms with Gasteiger partial charge in [-0.05, 0) is 17.7 Å². The van der Waals surface area contributed by atoms with Crippen LogP contribution >= 0.6 is 0 Å². The molecular formula is C9H12N2O2. The quantitative estimate of drug-likeness (QED) is 0.578.